The highest BCUT2D eigenvalue weighted by Crippen LogP contribution is 2.20. The maximum Gasteiger partial charge on any atom is 0.411 e. The van der Waals surface area contributed by atoms with Crippen molar-refractivity contribution in [3.05, 3.63) is 46.8 Å². The number of benzene rings is 1. The van der Waals surface area contributed by atoms with E-state index in [9.17, 15) is 18.0 Å². The van der Waals surface area contributed by atoms with Gasteiger partial charge in [0.05, 0.1) is 23.7 Å². The van der Waals surface area contributed by atoms with Gasteiger partial charge in [-0.2, -0.15) is 18.3 Å². The predicted octanol–water partition coefficient (Wildman–Crippen LogP) is 3.37. The quantitative estimate of drug-likeness (QED) is 0.907. The normalized spacial score (nSPS) is 11.6. The van der Waals surface area contributed by atoms with Crippen LogP contribution in [0.25, 0.3) is 0 Å². The minimum atomic E-state index is -4.35. The lowest BCUT2D eigenvalue weighted by Gasteiger charge is -2.09. The van der Waals surface area contributed by atoms with Gasteiger partial charge in [-0.15, -0.1) is 0 Å². The van der Waals surface area contributed by atoms with Gasteiger partial charge in [0.25, 0.3) is 5.91 Å². The van der Waals surface area contributed by atoms with Gasteiger partial charge in [-0.1, -0.05) is 12.1 Å². The minimum absolute atomic E-state index is 0.164. The topological polar surface area (TPSA) is 56.2 Å². The molecular weight excluding hydrogens is 323 g/mol. The fraction of sp³-hybridized carbons (Fsp3) is 0.375. The molecule has 1 aromatic carbocycles. The number of hydrogen-bond donors (Lipinski definition) is 1. The van der Waals surface area contributed by atoms with E-state index in [1.165, 1.54) is 0 Å². The number of halogens is 3. The Morgan fingerprint density at radius 2 is 1.88 bits per heavy atom. The average Bonchev–Trinajstić information content (AvgIpc) is 2.73. The number of carbonyl (C=O) groups is 1. The molecule has 1 amide bonds. The Labute approximate surface area is 137 Å². The van der Waals surface area contributed by atoms with Gasteiger partial charge < -0.3 is 10.1 Å². The molecule has 0 bridgehead atoms. The van der Waals surface area contributed by atoms with Crippen molar-refractivity contribution in [3.8, 4) is 0 Å². The van der Waals surface area contributed by atoms with Gasteiger partial charge in [0.1, 0.15) is 6.61 Å². The van der Waals surface area contributed by atoms with E-state index in [1.54, 1.807) is 42.9 Å². The second-order valence-electron chi connectivity index (χ2n) is 5.43. The Bertz CT molecular complexity index is 721. The van der Waals surface area contributed by atoms with Crippen LogP contribution in [-0.4, -0.2) is 28.5 Å². The van der Waals surface area contributed by atoms with E-state index in [4.69, 9.17) is 0 Å². The van der Waals surface area contributed by atoms with Crippen molar-refractivity contribution < 1.29 is 22.7 Å². The van der Waals surface area contributed by atoms with E-state index in [0.717, 1.165) is 5.69 Å². The zero-order valence-corrected chi connectivity index (χ0v) is 13.6. The second kappa shape index (κ2) is 7.04. The molecule has 8 heteroatoms. The number of nitrogens with zero attached hydrogens (tertiary/aromatic N) is 2. The van der Waals surface area contributed by atoms with Crippen LogP contribution >= 0.6 is 0 Å². The Kier molecular flexibility index (Phi) is 5.28. The summed E-state index contributed by atoms with van der Waals surface area (Å²) in [5.74, 6) is -0.308. The number of ether oxygens (including phenoxy) is 1. The number of alkyl halides is 3. The minimum Gasteiger partial charge on any atom is -0.367 e. The van der Waals surface area contributed by atoms with Crippen molar-refractivity contribution in [1.82, 2.24) is 9.78 Å². The summed E-state index contributed by atoms with van der Waals surface area (Å²) in [4.78, 5) is 12.3. The summed E-state index contributed by atoms with van der Waals surface area (Å²) in [6.45, 7) is 2.18. The van der Waals surface area contributed by atoms with Gasteiger partial charge in [-0.05, 0) is 31.5 Å². The molecule has 2 rings (SSSR count). The molecule has 0 aliphatic rings. The first-order chi connectivity index (χ1) is 11.2. The second-order valence-corrected chi connectivity index (χ2v) is 5.43. The third-order valence-electron chi connectivity index (χ3n) is 3.50. The third-order valence-corrected chi connectivity index (χ3v) is 3.50. The molecule has 24 heavy (non-hydrogen) atoms. The molecule has 0 unspecified atom stereocenters. The largest absolute Gasteiger partial charge is 0.411 e. The predicted molar refractivity (Wildman–Crippen MR) is 82.8 cm³/mol. The number of rotatable bonds is 5. The van der Waals surface area contributed by atoms with E-state index in [0.29, 0.717) is 22.5 Å². The first-order valence-corrected chi connectivity index (χ1v) is 7.22. The molecule has 0 spiro atoms. The van der Waals surface area contributed by atoms with Crippen LogP contribution in [0.2, 0.25) is 0 Å². The lowest BCUT2D eigenvalue weighted by atomic mass is 10.1. The zero-order valence-electron chi connectivity index (χ0n) is 13.6. The summed E-state index contributed by atoms with van der Waals surface area (Å²) in [5.41, 5.74) is 3.15. The monoisotopic (exact) mass is 341 g/mol. The van der Waals surface area contributed by atoms with Crippen LogP contribution in [-0.2, 0) is 18.4 Å². The van der Waals surface area contributed by atoms with Crippen LogP contribution in [0.5, 0.6) is 0 Å². The van der Waals surface area contributed by atoms with E-state index < -0.39 is 12.8 Å². The highest BCUT2D eigenvalue weighted by molar-refractivity contribution is 6.04. The van der Waals surface area contributed by atoms with Gasteiger partial charge in [0, 0.05) is 12.6 Å². The Hall–Kier alpha value is -2.35. The van der Waals surface area contributed by atoms with Crippen molar-refractivity contribution in [2.45, 2.75) is 26.6 Å². The number of amides is 1. The molecule has 0 saturated carbocycles. The van der Waals surface area contributed by atoms with Crippen LogP contribution < -0.4 is 5.32 Å². The SMILES string of the molecule is Cc1nn(C)c(C)c1NC(=O)c1ccc(COCC(F)(F)F)cc1. The number of carbonyl (C=O) groups excluding carboxylic acids is 1. The first-order valence-electron chi connectivity index (χ1n) is 7.22. The molecule has 0 atom stereocenters. The molecule has 2 aromatic rings. The highest BCUT2D eigenvalue weighted by Gasteiger charge is 2.27. The Morgan fingerprint density at radius 3 is 2.38 bits per heavy atom. The van der Waals surface area contributed by atoms with Gasteiger partial charge in [0.2, 0.25) is 0 Å². The summed E-state index contributed by atoms with van der Waals surface area (Å²) in [6, 6.07) is 6.22. The number of nitrogens with one attached hydrogen (secondary N) is 1. The molecule has 0 aliphatic heterocycles. The van der Waals surface area contributed by atoms with Crippen LogP contribution in [0.15, 0.2) is 24.3 Å². The summed E-state index contributed by atoms with van der Waals surface area (Å²) in [5, 5.41) is 7.01. The summed E-state index contributed by atoms with van der Waals surface area (Å²) < 4.78 is 42.3. The molecule has 1 aromatic heterocycles. The van der Waals surface area contributed by atoms with Crippen molar-refractivity contribution in [2.75, 3.05) is 11.9 Å². The zero-order chi connectivity index (χ0) is 17.9. The lowest BCUT2D eigenvalue weighted by molar-refractivity contribution is -0.176. The Balaban J connectivity index is 1.98. The van der Waals surface area contributed by atoms with E-state index in [2.05, 4.69) is 15.2 Å². The van der Waals surface area contributed by atoms with E-state index in [-0.39, 0.29) is 12.5 Å². The molecule has 1 heterocycles. The van der Waals surface area contributed by atoms with Gasteiger partial charge in [-0.3, -0.25) is 9.48 Å². The van der Waals surface area contributed by atoms with Crippen molar-refractivity contribution in [1.29, 1.82) is 0 Å². The smallest absolute Gasteiger partial charge is 0.367 e. The molecule has 5 nitrogen and oxygen atoms in total. The third kappa shape index (κ3) is 4.58. The first kappa shape index (κ1) is 18.0. The van der Waals surface area contributed by atoms with Crippen LogP contribution in [0, 0.1) is 13.8 Å². The molecule has 130 valence electrons. The molecule has 0 saturated heterocycles. The van der Waals surface area contributed by atoms with Crippen LogP contribution in [0.1, 0.15) is 27.3 Å². The standard InChI is InChI=1S/C16H18F3N3O2/c1-10-14(11(2)22(3)21-10)20-15(23)13-6-4-12(5-7-13)8-24-9-16(17,18)19/h4-7H,8-9H2,1-3H3,(H,20,23). The van der Waals surface area contributed by atoms with Gasteiger partial charge in [0.15, 0.2) is 0 Å². The molecular formula is C16H18F3N3O2. The number of aromatic nitrogens is 2. The summed E-state index contributed by atoms with van der Waals surface area (Å²) in [7, 11) is 1.79. The maximum absolute atomic E-state index is 12.3. The fourth-order valence-corrected chi connectivity index (χ4v) is 2.18. The Morgan fingerprint density at radius 1 is 1.25 bits per heavy atom. The fourth-order valence-electron chi connectivity index (χ4n) is 2.18. The van der Waals surface area contributed by atoms with Crippen molar-refractivity contribution >= 4 is 11.6 Å². The van der Waals surface area contributed by atoms with Gasteiger partial charge >= 0.3 is 6.18 Å². The molecule has 0 aliphatic carbocycles. The molecule has 0 radical (unpaired) electrons. The maximum atomic E-state index is 12.3. The van der Waals surface area contributed by atoms with Crippen LogP contribution in [0.3, 0.4) is 0 Å². The average molecular weight is 341 g/mol. The van der Waals surface area contributed by atoms with Gasteiger partial charge in [-0.25, -0.2) is 0 Å². The highest BCUT2D eigenvalue weighted by atomic mass is 19.4. The van der Waals surface area contributed by atoms with Crippen molar-refractivity contribution in [2.24, 2.45) is 7.05 Å². The van der Waals surface area contributed by atoms with E-state index >= 15 is 0 Å². The van der Waals surface area contributed by atoms with E-state index in [1.807, 2.05) is 6.92 Å². The van der Waals surface area contributed by atoms with Crippen molar-refractivity contribution in [3.63, 3.8) is 0 Å². The number of hydrogen-bond acceptors (Lipinski definition) is 3. The number of anilines is 1. The number of aryl methyl sites for hydroxylation is 2. The molecule has 1 N–H and O–H groups in total. The lowest BCUT2D eigenvalue weighted by Crippen LogP contribution is -2.16. The van der Waals surface area contributed by atoms with Crippen LogP contribution in [0.4, 0.5) is 18.9 Å². The molecule has 0 fully saturated rings. The summed E-state index contributed by atoms with van der Waals surface area (Å²) >= 11 is 0. The summed E-state index contributed by atoms with van der Waals surface area (Å²) in [6.07, 6.45) is -4.35.